The lowest BCUT2D eigenvalue weighted by molar-refractivity contribution is 0.471. The lowest BCUT2D eigenvalue weighted by atomic mass is 9.73. The summed E-state index contributed by atoms with van der Waals surface area (Å²) in [6.07, 6.45) is 0. The Morgan fingerprint density at radius 3 is 2.29 bits per heavy atom. The first-order valence-electron chi connectivity index (χ1n) is 12.8. The van der Waals surface area contributed by atoms with Crippen LogP contribution in [0.1, 0.15) is 25.0 Å². The molecule has 0 unspecified atom stereocenters. The summed E-state index contributed by atoms with van der Waals surface area (Å²) < 4.78 is 12.6. The van der Waals surface area contributed by atoms with Gasteiger partial charge in [-0.15, -0.1) is 0 Å². The summed E-state index contributed by atoms with van der Waals surface area (Å²) in [5.41, 5.74) is 8.74. The van der Waals surface area contributed by atoms with Crippen LogP contribution in [0, 0.1) is 0 Å². The Kier molecular flexibility index (Phi) is 4.12. The van der Waals surface area contributed by atoms with Crippen LogP contribution in [0.5, 0.6) is 11.5 Å². The van der Waals surface area contributed by atoms with E-state index in [0.717, 1.165) is 34.0 Å². The Morgan fingerprint density at radius 2 is 1.37 bits per heavy atom. The molecule has 4 heteroatoms. The molecule has 1 aromatic heterocycles. The van der Waals surface area contributed by atoms with Gasteiger partial charge in [-0.25, -0.2) is 0 Å². The van der Waals surface area contributed by atoms with Gasteiger partial charge in [0.2, 0.25) is 5.43 Å². The number of nitrogens with zero attached hydrogens (tertiary/aromatic N) is 1. The third-order valence-electron chi connectivity index (χ3n) is 8.04. The molecule has 0 saturated carbocycles. The normalized spacial score (nSPS) is 14.5. The molecule has 0 saturated heterocycles. The monoisotopic (exact) mass is 493 g/mol. The molecule has 4 nitrogen and oxygen atoms in total. The molecular formula is C34H23NO3. The van der Waals surface area contributed by atoms with Crippen molar-refractivity contribution in [1.82, 2.24) is 0 Å². The van der Waals surface area contributed by atoms with Crippen LogP contribution in [0.25, 0.3) is 33.1 Å². The zero-order valence-electron chi connectivity index (χ0n) is 21.0. The summed E-state index contributed by atoms with van der Waals surface area (Å²) in [5.74, 6) is 1.63. The molecule has 0 fully saturated rings. The van der Waals surface area contributed by atoms with E-state index in [1.54, 1.807) is 0 Å². The maximum atomic E-state index is 13.2. The van der Waals surface area contributed by atoms with Crippen LogP contribution in [0.15, 0.2) is 112 Å². The summed E-state index contributed by atoms with van der Waals surface area (Å²) >= 11 is 0. The Hall–Kier alpha value is -4.83. The summed E-state index contributed by atoms with van der Waals surface area (Å²) in [5, 5.41) is 1.16. The molecule has 38 heavy (non-hydrogen) atoms. The van der Waals surface area contributed by atoms with Crippen molar-refractivity contribution in [3.63, 3.8) is 0 Å². The molecule has 6 aromatic rings. The van der Waals surface area contributed by atoms with Crippen molar-refractivity contribution in [3.8, 4) is 22.6 Å². The van der Waals surface area contributed by atoms with Gasteiger partial charge < -0.3 is 14.1 Å². The van der Waals surface area contributed by atoms with Crippen LogP contribution in [0.2, 0.25) is 0 Å². The zero-order valence-corrected chi connectivity index (χ0v) is 21.0. The van der Waals surface area contributed by atoms with E-state index in [9.17, 15) is 4.79 Å². The standard InChI is InChI=1S/C34H23NO3/c1-34(2)24-9-4-5-11-26(24)35-27-16-14-21(19-31(27)38-30-13-7-10-25(34)32(30)35)20-15-17-29-23(18-20)33(36)22-8-3-6-12-28(22)37-29/h3-19H,1-2H3. The molecule has 0 aliphatic carbocycles. The number of ether oxygens (including phenoxy) is 1. The Labute approximate surface area is 219 Å². The molecule has 0 bridgehead atoms. The van der Waals surface area contributed by atoms with E-state index in [-0.39, 0.29) is 10.8 Å². The lowest BCUT2D eigenvalue weighted by Gasteiger charge is -2.44. The summed E-state index contributed by atoms with van der Waals surface area (Å²) in [4.78, 5) is 15.6. The minimum absolute atomic E-state index is 0.0214. The van der Waals surface area contributed by atoms with E-state index in [4.69, 9.17) is 9.15 Å². The maximum Gasteiger partial charge on any atom is 0.200 e. The summed E-state index contributed by atoms with van der Waals surface area (Å²) in [6, 6.07) is 34.4. The average Bonchev–Trinajstić information content (AvgIpc) is 2.95. The van der Waals surface area contributed by atoms with Gasteiger partial charge in [0.25, 0.3) is 0 Å². The fourth-order valence-electron chi connectivity index (χ4n) is 6.11. The van der Waals surface area contributed by atoms with Gasteiger partial charge in [0, 0.05) is 5.41 Å². The van der Waals surface area contributed by atoms with Crippen molar-refractivity contribution in [2.45, 2.75) is 19.3 Å². The van der Waals surface area contributed by atoms with Crippen molar-refractivity contribution in [1.29, 1.82) is 0 Å². The second-order valence-electron chi connectivity index (χ2n) is 10.6. The van der Waals surface area contributed by atoms with Crippen LogP contribution >= 0.6 is 0 Å². The number of benzene rings is 5. The van der Waals surface area contributed by atoms with E-state index < -0.39 is 0 Å². The highest BCUT2D eigenvalue weighted by Gasteiger charge is 2.41. The minimum Gasteiger partial charge on any atom is -0.456 e. The van der Waals surface area contributed by atoms with Crippen LogP contribution in [-0.2, 0) is 5.41 Å². The van der Waals surface area contributed by atoms with E-state index in [1.165, 1.54) is 16.8 Å². The average molecular weight is 494 g/mol. The highest BCUT2D eigenvalue weighted by Crippen LogP contribution is 2.59. The van der Waals surface area contributed by atoms with Crippen molar-refractivity contribution in [2.24, 2.45) is 0 Å². The van der Waals surface area contributed by atoms with Crippen LogP contribution in [0.4, 0.5) is 17.1 Å². The van der Waals surface area contributed by atoms with Crippen molar-refractivity contribution < 1.29 is 9.15 Å². The second kappa shape index (κ2) is 7.36. The smallest absolute Gasteiger partial charge is 0.200 e. The first-order chi connectivity index (χ1) is 18.5. The van der Waals surface area contributed by atoms with E-state index in [0.29, 0.717) is 21.9 Å². The molecule has 182 valence electrons. The van der Waals surface area contributed by atoms with Gasteiger partial charge in [-0.3, -0.25) is 4.79 Å². The topological polar surface area (TPSA) is 42.7 Å². The third kappa shape index (κ3) is 2.77. The van der Waals surface area contributed by atoms with Crippen molar-refractivity contribution >= 4 is 39.0 Å². The SMILES string of the molecule is CC1(C)c2ccccc2N2c3ccc(-c4ccc5oc6ccccc6c(=O)c5c4)cc3Oc3cccc1c32. The highest BCUT2D eigenvalue weighted by molar-refractivity contribution is 5.95. The van der Waals surface area contributed by atoms with Gasteiger partial charge >= 0.3 is 0 Å². The highest BCUT2D eigenvalue weighted by atomic mass is 16.5. The number of anilines is 3. The zero-order chi connectivity index (χ0) is 25.6. The fourth-order valence-corrected chi connectivity index (χ4v) is 6.11. The fraction of sp³-hybridized carbons (Fsp3) is 0.0882. The Bertz CT molecular complexity index is 2020. The minimum atomic E-state index is -0.143. The van der Waals surface area contributed by atoms with Gasteiger partial charge in [0.15, 0.2) is 11.5 Å². The molecular weight excluding hydrogens is 470 g/mol. The van der Waals surface area contributed by atoms with Crippen LogP contribution in [-0.4, -0.2) is 0 Å². The molecule has 0 amide bonds. The van der Waals surface area contributed by atoms with Gasteiger partial charge in [-0.1, -0.05) is 68.4 Å². The van der Waals surface area contributed by atoms with Gasteiger partial charge in [0.1, 0.15) is 11.2 Å². The Morgan fingerprint density at radius 1 is 0.632 bits per heavy atom. The predicted molar refractivity (Wildman–Crippen MR) is 152 cm³/mol. The number of hydrogen-bond donors (Lipinski definition) is 0. The van der Waals surface area contributed by atoms with Gasteiger partial charge in [-0.05, 0) is 70.8 Å². The second-order valence-corrected chi connectivity index (χ2v) is 10.6. The van der Waals surface area contributed by atoms with Crippen LogP contribution in [0.3, 0.4) is 0 Å². The number of fused-ring (bicyclic) bond motifs is 6. The molecule has 2 aliphatic heterocycles. The first-order valence-corrected chi connectivity index (χ1v) is 12.8. The molecule has 5 aromatic carbocycles. The van der Waals surface area contributed by atoms with Gasteiger partial charge in [0.05, 0.1) is 27.8 Å². The summed E-state index contributed by atoms with van der Waals surface area (Å²) in [7, 11) is 0. The van der Waals surface area contributed by atoms with E-state index in [2.05, 4.69) is 73.3 Å². The first kappa shape index (κ1) is 21.3. The van der Waals surface area contributed by atoms with E-state index >= 15 is 0 Å². The molecule has 0 radical (unpaired) electrons. The number of rotatable bonds is 1. The predicted octanol–water partition coefficient (Wildman–Crippen LogP) is 8.83. The van der Waals surface area contributed by atoms with Gasteiger partial charge in [-0.2, -0.15) is 0 Å². The van der Waals surface area contributed by atoms with Crippen molar-refractivity contribution in [2.75, 3.05) is 4.90 Å². The lowest BCUT2D eigenvalue weighted by Crippen LogP contribution is -2.32. The number of hydrogen-bond acceptors (Lipinski definition) is 4. The molecule has 0 spiro atoms. The largest absolute Gasteiger partial charge is 0.456 e. The molecule has 3 heterocycles. The summed E-state index contributed by atoms with van der Waals surface area (Å²) in [6.45, 7) is 4.55. The Balaban J connectivity index is 1.31. The van der Waals surface area contributed by atoms with Crippen molar-refractivity contribution in [3.05, 3.63) is 124 Å². The van der Waals surface area contributed by atoms with Crippen LogP contribution < -0.4 is 15.1 Å². The van der Waals surface area contributed by atoms with E-state index in [1.807, 2.05) is 48.5 Å². The third-order valence-corrected chi connectivity index (χ3v) is 8.04. The molecule has 0 atom stereocenters. The maximum absolute atomic E-state index is 13.2. The molecule has 2 aliphatic rings. The molecule has 8 rings (SSSR count). The molecule has 0 N–H and O–H groups in total. The number of para-hydroxylation sites is 3. The quantitative estimate of drug-likeness (QED) is 0.214.